The molecule has 3 aromatic rings. The van der Waals surface area contributed by atoms with Gasteiger partial charge in [0.15, 0.2) is 5.69 Å². The second-order valence-corrected chi connectivity index (χ2v) is 6.17. The number of hydrazone groups is 1. The van der Waals surface area contributed by atoms with E-state index >= 15 is 0 Å². The summed E-state index contributed by atoms with van der Waals surface area (Å²) in [7, 11) is 0. The number of hydrogen-bond donors (Lipinski definition) is 1. The Hall–Kier alpha value is -3.79. The van der Waals surface area contributed by atoms with Crippen LogP contribution in [-0.4, -0.2) is 21.9 Å². The van der Waals surface area contributed by atoms with E-state index in [1.807, 2.05) is 19.9 Å². The Balaban J connectivity index is 1.91. The van der Waals surface area contributed by atoms with E-state index in [-0.39, 0.29) is 17.3 Å². The minimum atomic E-state index is -0.509. The van der Waals surface area contributed by atoms with Gasteiger partial charge in [-0.05, 0) is 37.6 Å². The molecule has 0 radical (unpaired) electrons. The molecule has 0 fully saturated rings. The van der Waals surface area contributed by atoms with Crippen molar-refractivity contribution in [3.8, 4) is 6.07 Å². The molecule has 0 bridgehead atoms. The molecule has 3 rings (SSSR count). The Morgan fingerprint density at radius 3 is 2.48 bits per heavy atom. The molecule has 0 aliphatic heterocycles. The second-order valence-electron chi connectivity index (χ2n) is 6.17. The summed E-state index contributed by atoms with van der Waals surface area (Å²) in [6.07, 6.45) is 1.47. The number of carbonyl (C=O) groups excluding carboxylic acids is 1. The first-order chi connectivity index (χ1) is 13.0. The van der Waals surface area contributed by atoms with E-state index in [9.17, 15) is 9.59 Å². The van der Waals surface area contributed by atoms with Gasteiger partial charge in [0.25, 0.3) is 11.5 Å². The van der Waals surface area contributed by atoms with Crippen LogP contribution in [-0.2, 0) is 0 Å². The van der Waals surface area contributed by atoms with Crippen LogP contribution < -0.4 is 11.0 Å². The lowest BCUT2D eigenvalue weighted by Gasteiger charge is -2.12. The number of nitriles is 1. The monoisotopic (exact) mass is 359 g/mol. The summed E-state index contributed by atoms with van der Waals surface area (Å²) >= 11 is 0. The quantitative estimate of drug-likeness (QED) is 0.571. The van der Waals surface area contributed by atoms with E-state index in [1.165, 1.54) is 10.9 Å². The highest BCUT2D eigenvalue weighted by Crippen LogP contribution is 2.14. The minimum absolute atomic E-state index is 0.135. The van der Waals surface area contributed by atoms with Crippen molar-refractivity contribution in [2.45, 2.75) is 19.9 Å². The number of benzene rings is 2. The van der Waals surface area contributed by atoms with E-state index < -0.39 is 5.91 Å². The molecule has 0 saturated carbocycles. The van der Waals surface area contributed by atoms with Crippen molar-refractivity contribution in [2.24, 2.45) is 5.10 Å². The highest BCUT2D eigenvalue weighted by Gasteiger charge is 2.17. The minimum Gasteiger partial charge on any atom is -0.267 e. The SMILES string of the molecule is CC(C)n1nc(C(=O)N/N=C\c2ccc(C#N)cc2)c2ccccc2c1=O. The van der Waals surface area contributed by atoms with Crippen LogP contribution in [0.15, 0.2) is 58.4 Å². The summed E-state index contributed by atoms with van der Waals surface area (Å²) in [5.74, 6) is -0.509. The van der Waals surface area contributed by atoms with Gasteiger partial charge in [-0.2, -0.15) is 15.5 Å². The number of hydrogen-bond acceptors (Lipinski definition) is 5. The first-order valence-electron chi connectivity index (χ1n) is 8.36. The molecule has 0 aliphatic carbocycles. The van der Waals surface area contributed by atoms with Gasteiger partial charge in [0.05, 0.1) is 29.3 Å². The molecular weight excluding hydrogens is 342 g/mol. The van der Waals surface area contributed by atoms with Crippen LogP contribution in [0.1, 0.15) is 41.5 Å². The lowest BCUT2D eigenvalue weighted by Crippen LogP contribution is -2.30. The number of nitrogens with one attached hydrogen (secondary N) is 1. The van der Waals surface area contributed by atoms with Gasteiger partial charge in [-0.1, -0.05) is 30.3 Å². The van der Waals surface area contributed by atoms with Gasteiger partial charge in [0, 0.05) is 5.39 Å². The molecule has 134 valence electrons. The highest BCUT2D eigenvalue weighted by molar-refractivity contribution is 6.04. The Kier molecular flexibility index (Phi) is 5.08. The predicted octanol–water partition coefficient (Wildman–Crippen LogP) is 2.61. The number of amides is 1. The van der Waals surface area contributed by atoms with Crippen LogP contribution in [0.25, 0.3) is 10.8 Å². The largest absolute Gasteiger partial charge is 0.292 e. The first kappa shape index (κ1) is 18.0. The van der Waals surface area contributed by atoms with Crippen LogP contribution in [0.2, 0.25) is 0 Å². The van der Waals surface area contributed by atoms with Crippen molar-refractivity contribution >= 4 is 22.9 Å². The fourth-order valence-corrected chi connectivity index (χ4v) is 2.59. The molecule has 0 unspecified atom stereocenters. The Morgan fingerprint density at radius 1 is 1.19 bits per heavy atom. The third kappa shape index (κ3) is 3.75. The van der Waals surface area contributed by atoms with E-state index in [0.29, 0.717) is 16.3 Å². The van der Waals surface area contributed by atoms with E-state index in [2.05, 4.69) is 15.6 Å². The van der Waals surface area contributed by atoms with Crippen LogP contribution in [0, 0.1) is 11.3 Å². The molecule has 0 aliphatic rings. The maximum absolute atomic E-state index is 12.6. The molecule has 27 heavy (non-hydrogen) atoms. The summed E-state index contributed by atoms with van der Waals surface area (Å²) in [5.41, 5.74) is 3.62. The third-order valence-electron chi connectivity index (χ3n) is 3.95. The summed E-state index contributed by atoms with van der Waals surface area (Å²) < 4.78 is 1.29. The van der Waals surface area contributed by atoms with Crippen molar-refractivity contribution in [3.63, 3.8) is 0 Å². The van der Waals surface area contributed by atoms with Crippen LogP contribution in [0.5, 0.6) is 0 Å². The van der Waals surface area contributed by atoms with Gasteiger partial charge >= 0.3 is 0 Å². The van der Waals surface area contributed by atoms with E-state index in [4.69, 9.17) is 5.26 Å². The standard InChI is InChI=1S/C20H17N5O2/c1-13(2)25-20(27)17-6-4-3-5-16(17)18(24-25)19(26)23-22-12-15-9-7-14(11-21)8-10-15/h3-10,12-13H,1-2H3,(H,23,26)/b22-12-. The van der Waals surface area contributed by atoms with E-state index in [1.54, 1.807) is 48.5 Å². The maximum atomic E-state index is 12.6. The van der Waals surface area contributed by atoms with Gasteiger partial charge in [-0.15, -0.1) is 0 Å². The number of rotatable bonds is 4. The molecule has 1 N–H and O–H groups in total. The normalized spacial score (nSPS) is 11.0. The van der Waals surface area contributed by atoms with Gasteiger partial charge in [-0.25, -0.2) is 10.1 Å². The zero-order chi connectivity index (χ0) is 19.4. The highest BCUT2D eigenvalue weighted by atomic mass is 16.2. The number of aromatic nitrogens is 2. The molecule has 0 saturated heterocycles. The number of nitrogens with zero attached hydrogens (tertiary/aromatic N) is 4. The average Bonchev–Trinajstić information content (AvgIpc) is 2.68. The van der Waals surface area contributed by atoms with Crippen LogP contribution >= 0.6 is 0 Å². The summed E-state index contributed by atoms with van der Waals surface area (Å²) in [6, 6.07) is 15.5. The Bertz CT molecular complexity index is 1120. The predicted molar refractivity (Wildman–Crippen MR) is 103 cm³/mol. The molecular formula is C20H17N5O2. The van der Waals surface area contributed by atoms with Crippen molar-refractivity contribution in [2.75, 3.05) is 0 Å². The first-order valence-corrected chi connectivity index (χ1v) is 8.36. The summed E-state index contributed by atoms with van der Waals surface area (Å²) in [5, 5.41) is 17.9. The summed E-state index contributed by atoms with van der Waals surface area (Å²) in [4.78, 5) is 25.1. The molecule has 1 aromatic heterocycles. The average molecular weight is 359 g/mol. The van der Waals surface area contributed by atoms with E-state index in [0.717, 1.165) is 5.56 Å². The smallest absolute Gasteiger partial charge is 0.267 e. The molecule has 1 amide bonds. The van der Waals surface area contributed by atoms with Gasteiger partial charge in [0.2, 0.25) is 0 Å². The van der Waals surface area contributed by atoms with Crippen molar-refractivity contribution in [3.05, 3.63) is 75.7 Å². The molecule has 0 atom stereocenters. The molecule has 0 spiro atoms. The van der Waals surface area contributed by atoms with Crippen molar-refractivity contribution in [1.29, 1.82) is 5.26 Å². The second kappa shape index (κ2) is 7.62. The summed E-state index contributed by atoms with van der Waals surface area (Å²) in [6.45, 7) is 3.65. The fourth-order valence-electron chi connectivity index (χ4n) is 2.59. The zero-order valence-electron chi connectivity index (χ0n) is 14.9. The molecule has 7 nitrogen and oxygen atoms in total. The Labute approximate surface area is 155 Å². The third-order valence-corrected chi connectivity index (χ3v) is 3.95. The van der Waals surface area contributed by atoms with Crippen molar-refractivity contribution < 1.29 is 4.79 Å². The number of carbonyl (C=O) groups is 1. The van der Waals surface area contributed by atoms with Crippen LogP contribution in [0.3, 0.4) is 0 Å². The molecule has 1 heterocycles. The lowest BCUT2D eigenvalue weighted by molar-refractivity contribution is 0.0949. The van der Waals surface area contributed by atoms with Gasteiger partial charge < -0.3 is 0 Å². The fraction of sp³-hybridized carbons (Fsp3) is 0.150. The van der Waals surface area contributed by atoms with Gasteiger partial charge in [-0.3, -0.25) is 9.59 Å². The number of fused-ring (bicyclic) bond motifs is 1. The van der Waals surface area contributed by atoms with Gasteiger partial charge in [0.1, 0.15) is 0 Å². The molecule has 7 heteroatoms. The Morgan fingerprint density at radius 2 is 1.85 bits per heavy atom. The molecule has 2 aromatic carbocycles. The van der Waals surface area contributed by atoms with Crippen LogP contribution in [0.4, 0.5) is 0 Å². The van der Waals surface area contributed by atoms with Crippen molar-refractivity contribution in [1.82, 2.24) is 15.2 Å². The zero-order valence-corrected chi connectivity index (χ0v) is 14.9. The maximum Gasteiger partial charge on any atom is 0.292 e. The lowest BCUT2D eigenvalue weighted by atomic mass is 10.1. The topological polar surface area (TPSA) is 100 Å².